The molecule has 9 heteroatoms. The van der Waals surface area contributed by atoms with E-state index in [0.29, 0.717) is 42.6 Å². The number of carbonyl (C=O) groups excluding carboxylic acids is 1. The molecule has 0 bridgehead atoms. The molecule has 0 aliphatic heterocycles. The first-order valence-corrected chi connectivity index (χ1v) is 12.4. The summed E-state index contributed by atoms with van der Waals surface area (Å²) in [5, 5.41) is 5.59. The summed E-state index contributed by atoms with van der Waals surface area (Å²) in [4.78, 5) is 19.4. The molecule has 1 unspecified atom stereocenters. The number of allylic oxidation sites excluding steroid dienone is 4. The van der Waals surface area contributed by atoms with Crippen LogP contribution in [-0.2, 0) is 19.6 Å². The third-order valence-corrected chi connectivity index (χ3v) is 6.49. The van der Waals surface area contributed by atoms with Crippen molar-refractivity contribution in [3.8, 4) is 0 Å². The molecule has 0 radical (unpaired) electrons. The summed E-state index contributed by atoms with van der Waals surface area (Å²) >= 11 is 0. The first kappa shape index (κ1) is 27.2. The van der Waals surface area contributed by atoms with Gasteiger partial charge in [0.1, 0.15) is 23.2 Å². The van der Waals surface area contributed by atoms with Gasteiger partial charge in [0, 0.05) is 61.2 Å². The average Bonchev–Trinajstić information content (AvgIpc) is 3.23. The van der Waals surface area contributed by atoms with Crippen LogP contribution in [0, 0.1) is 30.3 Å². The van der Waals surface area contributed by atoms with Crippen LogP contribution in [0.25, 0.3) is 5.57 Å². The van der Waals surface area contributed by atoms with Crippen LogP contribution in [0.1, 0.15) is 52.2 Å². The van der Waals surface area contributed by atoms with E-state index in [1.165, 1.54) is 0 Å². The van der Waals surface area contributed by atoms with Gasteiger partial charge < -0.3 is 15.1 Å². The molecule has 200 valence electrons. The predicted octanol–water partition coefficient (Wildman–Crippen LogP) is 5.98. The highest BCUT2D eigenvalue weighted by Gasteiger charge is 2.18. The van der Waals surface area contributed by atoms with Crippen LogP contribution < -0.4 is 10.6 Å². The SMILES string of the molecule is CNc1cc(C(=O)NCc2c(F)cc(F)cc2F)ccc1CN(C)Cc1nc(C2=CCC(C)C=C2)oc1C. The van der Waals surface area contributed by atoms with Crippen molar-refractivity contribution >= 4 is 17.2 Å². The third kappa shape index (κ3) is 6.34. The second-order valence-electron chi connectivity index (χ2n) is 9.58. The minimum Gasteiger partial charge on any atom is -0.441 e. The van der Waals surface area contributed by atoms with Gasteiger partial charge in [0.25, 0.3) is 5.91 Å². The lowest BCUT2D eigenvalue weighted by Crippen LogP contribution is -2.24. The molecule has 1 atom stereocenters. The Morgan fingerprint density at radius 3 is 2.55 bits per heavy atom. The van der Waals surface area contributed by atoms with Gasteiger partial charge in [0.2, 0.25) is 5.89 Å². The van der Waals surface area contributed by atoms with Gasteiger partial charge in [-0.3, -0.25) is 9.69 Å². The zero-order valence-electron chi connectivity index (χ0n) is 21.9. The Hall–Kier alpha value is -3.85. The van der Waals surface area contributed by atoms with Crippen LogP contribution in [0.15, 0.2) is 53.0 Å². The number of hydrogen-bond donors (Lipinski definition) is 2. The molecule has 0 fully saturated rings. The number of aryl methyl sites for hydroxylation is 1. The molecule has 0 spiro atoms. The number of nitrogens with one attached hydrogen (secondary N) is 2. The Morgan fingerprint density at radius 1 is 1.16 bits per heavy atom. The largest absolute Gasteiger partial charge is 0.441 e. The number of amides is 1. The Kier molecular flexibility index (Phi) is 8.36. The fraction of sp³-hybridized carbons (Fsp3) is 0.310. The standard InChI is InChI=1S/C29H31F3N4O2/c1-17-5-7-19(8-6-17)29-35-27(18(2)38-29)16-36(4)15-21-10-9-20(11-26(21)33-3)28(37)34-14-23-24(31)12-22(30)13-25(23)32/h5,7-13,17,33H,6,14-16H2,1-4H3,(H,34,37). The zero-order valence-corrected chi connectivity index (χ0v) is 21.9. The Bertz CT molecular complexity index is 1370. The van der Waals surface area contributed by atoms with Crippen molar-refractivity contribution in [2.24, 2.45) is 5.92 Å². The summed E-state index contributed by atoms with van der Waals surface area (Å²) in [7, 11) is 3.73. The van der Waals surface area contributed by atoms with Gasteiger partial charge in [-0.2, -0.15) is 0 Å². The molecule has 1 aromatic heterocycles. The molecule has 2 N–H and O–H groups in total. The van der Waals surface area contributed by atoms with Crippen LogP contribution in [-0.4, -0.2) is 29.9 Å². The van der Waals surface area contributed by atoms with Gasteiger partial charge in [-0.1, -0.05) is 31.2 Å². The number of aromatic nitrogens is 1. The van der Waals surface area contributed by atoms with Crippen LogP contribution in [0.5, 0.6) is 0 Å². The molecule has 1 aliphatic rings. The molecular weight excluding hydrogens is 493 g/mol. The zero-order chi connectivity index (χ0) is 27.4. The van der Waals surface area contributed by atoms with Gasteiger partial charge in [-0.05, 0) is 44.0 Å². The van der Waals surface area contributed by atoms with Crippen LogP contribution in [0.3, 0.4) is 0 Å². The van der Waals surface area contributed by atoms with E-state index in [9.17, 15) is 18.0 Å². The van der Waals surface area contributed by atoms with E-state index in [1.54, 1.807) is 19.2 Å². The lowest BCUT2D eigenvalue weighted by Gasteiger charge is -2.19. The summed E-state index contributed by atoms with van der Waals surface area (Å²) in [6.07, 6.45) is 7.32. The summed E-state index contributed by atoms with van der Waals surface area (Å²) in [6, 6.07) is 6.33. The summed E-state index contributed by atoms with van der Waals surface area (Å²) in [5.74, 6) is -1.70. The molecular formula is C29H31F3N4O2. The van der Waals surface area contributed by atoms with E-state index < -0.39 is 35.5 Å². The van der Waals surface area contributed by atoms with Gasteiger partial charge >= 0.3 is 0 Å². The van der Waals surface area contributed by atoms with Crippen molar-refractivity contribution in [2.45, 2.75) is 39.9 Å². The van der Waals surface area contributed by atoms with Gasteiger partial charge in [-0.25, -0.2) is 18.2 Å². The molecule has 1 aliphatic carbocycles. The lowest BCUT2D eigenvalue weighted by atomic mass is 9.99. The first-order chi connectivity index (χ1) is 18.1. The second kappa shape index (κ2) is 11.7. The minimum atomic E-state index is -1.05. The Morgan fingerprint density at radius 2 is 1.89 bits per heavy atom. The molecule has 2 aromatic carbocycles. The highest BCUT2D eigenvalue weighted by atomic mass is 19.1. The molecule has 0 saturated carbocycles. The van der Waals surface area contributed by atoms with Gasteiger partial charge in [0.15, 0.2) is 0 Å². The van der Waals surface area contributed by atoms with Crippen molar-refractivity contribution in [3.05, 3.63) is 100 Å². The fourth-order valence-electron chi connectivity index (χ4n) is 4.29. The number of oxazole rings is 1. The number of carbonyl (C=O) groups is 1. The summed E-state index contributed by atoms with van der Waals surface area (Å²) < 4.78 is 46.8. The van der Waals surface area contributed by atoms with E-state index in [0.717, 1.165) is 34.7 Å². The topological polar surface area (TPSA) is 70.4 Å². The lowest BCUT2D eigenvalue weighted by molar-refractivity contribution is 0.0950. The first-order valence-electron chi connectivity index (χ1n) is 12.4. The molecule has 1 heterocycles. The fourth-order valence-corrected chi connectivity index (χ4v) is 4.29. The number of rotatable bonds is 9. The predicted molar refractivity (Wildman–Crippen MR) is 141 cm³/mol. The number of hydrogen-bond acceptors (Lipinski definition) is 5. The van der Waals surface area contributed by atoms with Crippen LogP contribution in [0.2, 0.25) is 0 Å². The third-order valence-electron chi connectivity index (χ3n) is 6.49. The van der Waals surface area contributed by atoms with E-state index >= 15 is 0 Å². The van der Waals surface area contributed by atoms with E-state index in [-0.39, 0.29) is 0 Å². The van der Waals surface area contributed by atoms with Crippen molar-refractivity contribution in [3.63, 3.8) is 0 Å². The molecule has 38 heavy (non-hydrogen) atoms. The molecule has 6 nitrogen and oxygen atoms in total. The molecule has 0 saturated heterocycles. The van der Waals surface area contributed by atoms with E-state index in [1.807, 2.05) is 20.0 Å². The molecule has 3 aromatic rings. The summed E-state index contributed by atoms with van der Waals surface area (Å²) in [6.45, 7) is 4.82. The van der Waals surface area contributed by atoms with Gasteiger partial charge in [0.05, 0.1) is 5.69 Å². The second-order valence-corrected chi connectivity index (χ2v) is 9.58. The minimum absolute atomic E-state index is 0.323. The highest BCUT2D eigenvalue weighted by Crippen LogP contribution is 2.26. The molecule has 4 rings (SSSR count). The number of benzene rings is 2. The normalized spacial score (nSPS) is 15.1. The van der Waals surface area contributed by atoms with Crippen molar-refractivity contribution in [2.75, 3.05) is 19.4 Å². The van der Waals surface area contributed by atoms with E-state index in [2.05, 4.69) is 40.7 Å². The maximum Gasteiger partial charge on any atom is 0.251 e. The quantitative estimate of drug-likeness (QED) is 0.360. The maximum atomic E-state index is 13.9. The van der Waals surface area contributed by atoms with E-state index in [4.69, 9.17) is 9.40 Å². The summed E-state index contributed by atoms with van der Waals surface area (Å²) in [5.41, 5.74) is 3.48. The number of nitrogens with zero attached hydrogens (tertiary/aromatic N) is 2. The highest BCUT2D eigenvalue weighted by molar-refractivity contribution is 5.95. The smallest absolute Gasteiger partial charge is 0.251 e. The maximum absolute atomic E-state index is 13.9. The average molecular weight is 525 g/mol. The van der Waals surface area contributed by atoms with Crippen molar-refractivity contribution in [1.29, 1.82) is 0 Å². The van der Waals surface area contributed by atoms with Crippen molar-refractivity contribution < 1.29 is 22.4 Å². The van der Waals surface area contributed by atoms with Gasteiger partial charge in [-0.15, -0.1) is 0 Å². The number of halogens is 3. The Labute approximate surface area is 220 Å². The van der Waals surface area contributed by atoms with Crippen molar-refractivity contribution in [1.82, 2.24) is 15.2 Å². The van der Waals surface area contributed by atoms with Crippen LogP contribution in [0.4, 0.5) is 18.9 Å². The molecule has 1 amide bonds. The van der Waals surface area contributed by atoms with Crippen LogP contribution >= 0.6 is 0 Å². The monoisotopic (exact) mass is 524 g/mol. The number of anilines is 1. The Balaban J connectivity index is 1.40.